The highest BCUT2D eigenvalue weighted by Crippen LogP contribution is 2.30. The molecule has 3 nitrogen and oxygen atoms in total. The average Bonchev–Trinajstić information content (AvgIpc) is 2.42. The van der Waals surface area contributed by atoms with E-state index in [0.29, 0.717) is 13.1 Å². The molecule has 1 aromatic rings. The molecule has 1 aromatic carbocycles. The fraction of sp³-hybridized carbons (Fsp3) is 0.467. The summed E-state index contributed by atoms with van der Waals surface area (Å²) in [6, 6.07) is 8.01. The van der Waals surface area contributed by atoms with Gasteiger partial charge >= 0.3 is 0 Å². The second-order valence-electron chi connectivity index (χ2n) is 5.43. The molecule has 1 amide bonds. The van der Waals surface area contributed by atoms with Gasteiger partial charge in [-0.2, -0.15) is 5.26 Å². The molecule has 0 saturated carbocycles. The molecule has 0 atom stereocenters. The third-order valence-electron chi connectivity index (χ3n) is 3.83. The van der Waals surface area contributed by atoms with Crippen LogP contribution in [0.3, 0.4) is 0 Å². The molecule has 2 rings (SSSR count). The van der Waals surface area contributed by atoms with E-state index in [1.54, 1.807) is 0 Å². The van der Waals surface area contributed by atoms with Gasteiger partial charge in [0.1, 0.15) is 0 Å². The molecule has 0 unspecified atom stereocenters. The van der Waals surface area contributed by atoms with Crippen LogP contribution in [0.2, 0.25) is 0 Å². The van der Waals surface area contributed by atoms with Crippen LogP contribution in [-0.4, -0.2) is 23.9 Å². The number of aryl methyl sites for hydroxylation is 1. The molecule has 0 aromatic heterocycles. The Labute approximate surface area is 122 Å². The Hall–Kier alpha value is -1.34. The van der Waals surface area contributed by atoms with Crippen LogP contribution < -0.4 is 0 Å². The second kappa shape index (κ2) is 5.34. The van der Waals surface area contributed by atoms with Crippen LogP contribution in [0.1, 0.15) is 35.7 Å². The van der Waals surface area contributed by atoms with E-state index in [-0.39, 0.29) is 11.3 Å². The third-order valence-corrected chi connectivity index (χ3v) is 4.72. The fourth-order valence-electron chi connectivity index (χ4n) is 2.28. The zero-order valence-electron chi connectivity index (χ0n) is 11.2. The van der Waals surface area contributed by atoms with Crippen molar-refractivity contribution in [1.29, 1.82) is 5.26 Å². The minimum Gasteiger partial charge on any atom is -0.339 e. The van der Waals surface area contributed by atoms with Crippen LogP contribution >= 0.6 is 15.9 Å². The molecule has 0 aliphatic carbocycles. The SMILES string of the molecule is Cc1cc(C(=O)N2CCC(C)(C#N)CC2)ccc1Br. The van der Waals surface area contributed by atoms with Gasteiger partial charge in [-0.05, 0) is 50.5 Å². The summed E-state index contributed by atoms with van der Waals surface area (Å²) in [5.74, 6) is 0.0654. The lowest BCUT2D eigenvalue weighted by Gasteiger charge is -2.35. The monoisotopic (exact) mass is 320 g/mol. The van der Waals surface area contributed by atoms with Crippen LogP contribution in [0, 0.1) is 23.7 Å². The first-order chi connectivity index (χ1) is 8.95. The van der Waals surface area contributed by atoms with E-state index in [1.807, 2.05) is 36.9 Å². The number of piperidine rings is 1. The van der Waals surface area contributed by atoms with Crippen molar-refractivity contribution in [3.63, 3.8) is 0 Å². The molecule has 1 aliphatic heterocycles. The normalized spacial score (nSPS) is 17.9. The van der Waals surface area contributed by atoms with E-state index in [2.05, 4.69) is 22.0 Å². The van der Waals surface area contributed by atoms with Crippen LogP contribution in [-0.2, 0) is 0 Å². The second-order valence-corrected chi connectivity index (χ2v) is 6.28. The maximum atomic E-state index is 12.4. The first kappa shape index (κ1) is 14.1. The summed E-state index contributed by atoms with van der Waals surface area (Å²) in [4.78, 5) is 14.2. The summed E-state index contributed by atoms with van der Waals surface area (Å²) in [5, 5.41) is 9.10. The number of benzene rings is 1. The van der Waals surface area contributed by atoms with Gasteiger partial charge in [-0.25, -0.2) is 0 Å². The third kappa shape index (κ3) is 2.98. The van der Waals surface area contributed by atoms with Crippen LogP contribution in [0.15, 0.2) is 22.7 Å². The number of carbonyl (C=O) groups excluding carboxylic acids is 1. The molecule has 100 valence electrons. The molecular formula is C15H17BrN2O. The lowest BCUT2D eigenvalue weighted by atomic mass is 9.82. The van der Waals surface area contributed by atoms with E-state index >= 15 is 0 Å². The minimum atomic E-state index is -0.271. The highest BCUT2D eigenvalue weighted by Gasteiger charge is 2.32. The van der Waals surface area contributed by atoms with Gasteiger partial charge in [0.2, 0.25) is 0 Å². The molecular weight excluding hydrogens is 304 g/mol. The highest BCUT2D eigenvalue weighted by atomic mass is 79.9. The topological polar surface area (TPSA) is 44.1 Å². The molecule has 19 heavy (non-hydrogen) atoms. The van der Waals surface area contributed by atoms with Gasteiger partial charge in [0, 0.05) is 23.1 Å². The smallest absolute Gasteiger partial charge is 0.253 e. The quantitative estimate of drug-likeness (QED) is 0.794. The lowest BCUT2D eigenvalue weighted by Crippen LogP contribution is -2.41. The van der Waals surface area contributed by atoms with Crippen LogP contribution in [0.4, 0.5) is 0 Å². The Balaban J connectivity index is 2.10. The van der Waals surface area contributed by atoms with Crippen LogP contribution in [0.25, 0.3) is 0 Å². The zero-order chi connectivity index (χ0) is 14.0. The van der Waals surface area contributed by atoms with Gasteiger partial charge in [-0.1, -0.05) is 15.9 Å². The standard InChI is InChI=1S/C15H17BrN2O/c1-11-9-12(3-4-13(11)16)14(19)18-7-5-15(2,10-17)6-8-18/h3-4,9H,5-8H2,1-2H3. The van der Waals surface area contributed by atoms with E-state index in [4.69, 9.17) is 5.26 Å². The Morgan fingerprint density at radius 1 is 1.42 bits per heavy atom. The molecule has 1 fully saturated rings. The summed E-state index contributed by atoms with van der Waals surface area (Å²) in [6.45, 7) is 5.28. The van der Waals surface area contributed by atoms with Crippen molar-refractivity contribution in [2.24, 2.45) is 5.41 Å². The number of halogens is 1. The van der Waals surface area contributed by atoms with Crippen molar-refractivity contribution >= 4 is 21.8 Å². The van der Waals surface area contributed by atoms with E-state index in [9.17, 15) is 4.79 Å². The summed E-state index contributed by atoms with van der Waals surface area (Å²) < 4.78 is 1.01. The number of amides is 1. The first-order valence-electron chi connectivity index (χ1n) is 6.42. The number of nitrogens with zero attached hydrogens (tertiary/aromatic N) is 2. The van der Waals surface area contributed by atoms with Gasteiger partial charge in [0.05, 0.1) is 11.5 Å². The maximum Gasteiger partial charge on any atom is 0.253 e. The van der Waals surface area contributed by atoms with Crippen molar-refractivity contribution in [2.45, 2.75) is 26.7 Å². The minimum absolute atomic E-state index is 0.0654. The summed E-state index contributed by atoms with van der Waals surface area (Å²) >= 11 is 3.44. The Morgan fingerprint density at radius 2 is 2.05 bits per heavy atom. The molecule has 0 bridgehead atoms. The molecule has 0 radical (unpaired) electrons. The molecule has 1 saturated heterocycles. The number of carbonyl (C=O) groups is 1. The van der Waals surface area contributed by atoms with Crippen molar-refractivity contribution in [2.75, 3.05) is 13.1 Å². The van der Waals surface area contributed by atoms with Gasteiger partial charge < -0.3 is 4.90 Å². The average molecular weight is 321 g/mol. The van der Waals surface area contributed by atoms with Gasteiger partial charge in [-0.15, -0.1) is 0 Å². The summed E-state index contributed by atoms with van der Waals surface area (Å²) in [6.07, 6.45) is 1.51. The largest absolute Gasteiger partial charge is 0.339 e. The summed E-state index contributed by atoms with van der Waals surface area (Å²) in [7, 11) is 0. The van der Waals surface area contributed by atoms with Crippen molar-refractivity contribution in [1.82, 2.24) is 4.90 Å². The number of hydrogen-bond donors (Lipinski definition) is 0. The number of rotatable bonds is 1. The molecule has 0 spiro atoms. The van der Waals surface area contributed by atoms with E-state index in [1.165, 1.54) is 0 Å². The summed E-state index contributed by atoms with van der Waals surface area (Å²) in [5.41, 5.74) is 1.51. The Kier molecular flexibility index (Phi) is 3.96. The maximum absolute atomic E-state index is 12.4. The Morgan fingerprint density at radius 3 is 2.58 bits per heavy atom. The number of likely N-dealkylation sites (tertiary alicyclic amines) is 1. The molecule has 0 N–H and O–H groups in total. The van der Waals surface area contributed by atoms with E-state index in [0.717, 1.165) is 28.4 Å². The lowest BCUT2D eigenvalue weighted by molar-refractivity contribution is 0.0661. The predicted molar refractivity (Wildman–Crippen MR) is 77.7 cm³/mol. The number of hydrogen-bond acceptors (Lipinski definition) is 2. The van der Waals surface area contributed by atoms with E-state index < -0.39 is 0 Å². The predicted octanol–water partition coefficient (Wildman–Crippen LogP) is 3.52. The van der Waals surface area contributed by atoms with Gasteiger partial charge in [0.15, 0.2) is 0 Å². The zero-order valence-corrected chi connectivity index (χ0v) is 12.8. The molecule has 1 aliphatic rings. The molecule has 4 heteroatoms. The van der Waals surface area contributed by atoms with Crippen LogP contribution in [0.5, 0.6) is 0 Å². The fourth-order valence-corrected chi connectivity index (χ4v) is 2.52. The van der Waals surface area contributed by atoms with Gasteiger partial charge in [0.25, 0.3) is 5.91 Å². The molecule has 1 heterocycles. The highest BCUT2D eigenvalue weighted by molar-refractivity contribution is 9.10. The Bertz CT molecular complexity index is 540. The van der Waals surface area contributed by atoms with Crippen molar-refractivity contribution in [3.8, 4) is 6.07 Å². The number of nitriles is 1. The first-order valence-corrected chi connectivity index (χ1v) is 7.21. The van der Waals surface area contributed by atoms with Gasteiger partial charge in [-0.3, -0.25) is 4.79 Å². The van der Waals surface area contributed by atoms with Crippen molar-refractivity contribution < 1.29 is 4.79 Å². The van der Waals surface area contributed by atoms with Crippen molar-refractivity contribution in [3.05, 3.63) is 33.8 Å².